The summed E-state index contributed by atoms with van der Waals surface area (Å²) in [4.78, 5) is 33.2. The molecule has 0 aliphatic carbocycles. The molecule has 1 aliphatic rings. The molecule has 190 valence electrons. The van der Waals surface area contributed by atoms with E-state index in [9.17, 15) is 40.3 Å². The van der Waals surface area contributed by atoms with Crippen molar-refractivity contribution < 1.29 is 45.1 Å². The van der Waals surface area contributed by atoms with Crippen LogP contribution in [0.5, 0.6) is 5.88 Å². The third-order valence-corrected chi connectivity index (χ3v) is 5.38. The van der Waals surface area contributed by atoms with Crippen LogP contribution in [0.4, 0.5) is 35.5 Å². The number of alkyl halides is 6. The second kappa shape index (κ2) is 9.19. The number of amides is 3. The lowest BCUT2D eigenvalue weighted by Gasteiger charge is -2.47. The molecule has 35 heavy (non-hydrogen) atoms. The zero-order valence-corrected chi connectivity index (χ0v) is 17.9. The van der Waals surface area contributed by atoms with Crippen molar-refractivity contribution in [2.75, 3.05) is 19.7 Å². The van der Waals surface area contributed by atoms with Gasteiger partial charge in [0.1, 0.15) is 5.54 Å². The molecular formula is C20H18F7N5O3. The van der Waals surface area contributed by atoms with E-state index in [2.05, 4.69) is 20.0 Å². The lowest BCUT2D eigenvalue weighted by atomic mass is 9.75. The van der Waals surface area contributed by atoms with Gasteiger partial charge in [0.2, 0.25) is 11.8 Å². The van der Waals surface area contributed by atoms with Crippen molar-refractivity contribution in [3.05, 3.63) is 53.2 Å². The Morgan fingerprint density at radius 3 is 2.46 bits per heavy atom. The molecule has 15 heteroatoms. The van der Waals surface area contributed by atoms with E-state index in [1.54, 1.807) is 0 Å². The van der Waals surface area contributed by atoms with Crippen LogP contribution in [0.2, 0.25) is 0 Å². The first-order valence-electron chi connectivity index (χ1n) is 9.89. The number of carbonyl (C=O) groups is 2. The van der Waals surface area contributed by atoms with Crippen molar-refractivity contribution in [3.63, 3.8) is 0 Å². The van der Waals surface area contributed by atoms with Gasteiger partial charge in [-0.2, -0.15) is 26.3 Å². The summed E-state index contributed by atoms with van der Waals surface area (Å²) in [6, 6.07) is 2.49. The maximum atomic E-state index is 13.9. The van der Waals surface area contributed by atoms with Gasteiger partial charge in [0.25, 0.3) is 0 Å². The van der Waals surface area contributed by atoms with Gasteiger partial charge in [0.15, 0.2) is 18.1 Å². The van der Waals surface area contributed by atoms with Crippen LogP contribution in [0, 0.1) is 5.82 Å². The molecule has 1 aliphatic heterocycles. The minimum Gasteiger partial charge on any atom is -0.468 e. The molecule has 0 radical (unpaired) electrons. The third-order valence-electron chi connectivity index (χ3n) is 5.38. The molecule has 1 unspecified atom stereocenters. The van der Waals surface area contributed by atoms with Gasteiger partial charge in [-0.25, -0.2) is 19.2 Å². The Morgan fingerprint density at radius 2 is 1.91 bits per heavy atom. The Bertz CT molecular complexity index is 1110. The molecule has 2 aromatic rings. The average molecular weight is 509 g/mol. The van der Waals surface area contributed by atoms with E-state index in [1.165, 1.54) is 6.92 Å². The molecule has 0 aromatic carbocycles. The van der Waals surface area contributed by atoms with Crippen LogP contribution in [0.1, 0.15) is 29.8 Å². The highest BCUT2D eigenvalue weighted by atomic mass is 19.4. The Labute approximate surface area is 193 Å². The number of pyridine rings is 2. The topological polar surface area (TPSA) is 110 Å². The van der Waals surface area contributed by atoms with Crippen molar-refractivity contribution in [1.29, 1.82) is 0 Å². The van der Waals surface area contributed by atoms with E-state index < -0.39 is 65.4 Å². The predicted molar refractivity (Wildman–Crippen MR) is 105 cm³/mol. The van der Waals surface area contributed by atoms with Gasteiger partial charge in [0.05, 0.1) is 11.6 Å². The Balaban J connectivity index is 2.17. The normalized spacial score (nSPS) is 19.8. The molecule has 3 rings (SSSR count). The number of hydrogen-bond donors (Lipinski definition) is 2. The molecule has 2 atom stereocenters. The average Bonchev–Trinajstić information content (AvgIpc) is 2.75. The molecule has 3 amide bonds. The fourth-order valence-electron chi connectivity index (χ4n) is 3.84. The van der Waals surface area contributed by atoms with Gasteiger partial charge in [-0.1, -0.05) is 6.07 Å². The fourth-order valence-corrected chi connectivity index (χ4v) is 3.84. The van der Waals surface area contributed by atoms with Crippen molar-refractivity contribution >= 4 is 11.9 Å². The Morgan fingerprint density at radius 1 is 1.23 bits per heavy atom. The van der Waals surface area contributed by atoms with Crippen LogP contribution in [0.15, 0.2) is 30.5 Å². The van der Waals surface area contributed by atoms with Gasteiger partial charge in [-0.3, -0.25) is 4.79 Å². The minimum atomic E-state index is -5.18. The molecule has 8 nitrogen and oxygen atoms in total. The number of carbonyl (C=O) groups excluding carboxylic acids is 2. The molecule has 0 bridgehead atoms. The molecule has 1 fully saturated rings. The highest BCUT2D eigenvalue weighted by molar-refractivity contribution is 5.93. The monoisotopic (exact) mass is 509 g/mol. The number of nitrogens with zero attached hydrogens (tertiary/aromatic N) is 3. The van der Waals surface area contributed by atoms with E-state index >= 15 is 0 Å². The summed E-state index contributed by atoms with van der Waals surface area (Å²) in [5, 5.41) is 2.50. The lowest BCUT2D eigenvalue weighted by Crippen LogP contribution is -2.68. The number of primary amides is 1. The summed E-state index contributed by atoms with van der Waals surface area (Å²) in [5.74, 6) is -4.41. The number of halogens is 7. The maximum Gasteiger partial charge on any atom is 0.436 e. The first-order valence-corrected chi connectivity index (χ1v) is 9.89. The van der Waals surface area contributed by atoms with Crippen LogP contribution in [0.3, 0.4) is 0 Å². The van der Waals surface area contributed by atoms with Gasteiger partial charge < -0.3 is 20.7 Å². The minimum absolute atomic E-state index is 0.00278. The standard InChI is InChI=1S/C20H18F7N5O3/c1-18(16(33)29-6-7-32(18)17(28)34)14(12-4-3-11(21)15(31-12)20(25,26)27)10-2-5-13(30-8-10)35-9-19(22,23)24/h2-5,8,14H,6-7,9H2,1H3,(H2,28,34)(H,29,33)/t14-,18?/m0/s1. The van der Waals surface area contributed by atoms with E-state index in [0.717, 1.165) is 29.3 Å². The molecule has 3 N–H and O–H groups in total. The second-order valence-corrected chi connectivity index (χ2v) is 7.72. The van der Waals surface area contributed by atoms with E-state index in [1.807, 2.05) is 0 Å². The summed E-state index contributed by atoms with van der Waals surface area (Å²) in [6.45, 7) is -0.533. The fraction of sp³-hybridized carbons (Fsp3) is 0.400. The van der Waals surface area contributed by atoms with Crippen molar-refractivity contribution in [2.24, 2.45) is 5.73 Å². The molecule has 0 spiro atoms. The predicted octanol–water partition coefficient (Wildman–Crippen LogP) is 2.98. The molecule has 0 saturated carbocycles. The summed E-state index contributed by atoms with van der Waals surface area (Å²) >= 11 is 0. The zero-order chi connectivity index (χ0) is 26.2. The van der Waals surface area contributed by atoms with Crippen molar-refractivity contribution in [2.45, 2.75) is 30.7 Å². The quantitative estimate of drug-likeness (QED) is 0.603. The number of ether oxygens (including phenoxy) is 1. The van der Waals surface area contributed by atoms with Crippen molar-refractivity contribution in [3.8, 4) is 5.88 Å². The number of piperazine rings is 1. The van der Waals surface area contributed by atoms with Gasteiger partial charge in [0, 0.05) is 25.4 Å². The van der Waals surface area contributed by atoms with Crippen LogP contribution in [-0.4, -0.2) is 58.2 Å². The number of nitrogens with one attached hydrogen (secondary N) is 1. The van der Waals surface area contributed by atoms with Gasteiger partial charge in [-0.15, -0.1) is 0 Å². The largest absolute Gasteiger partial charge is 0.468 e. The molecule has 1 saturated heterocycles. The summed E-state index contributed by atoms with van der Waals surface area (Å²) < 4.78 is 95.8. The van der Waals surface area contributed by atoms with E-state index in [4.69, 9.17) is 5.73 Å². The van der Waals surface area contributed by atoms with Crippen LogP contribution in [0.25, 0.3) is 0 Å². The number of nitrogens with two attached hydrogens (primary N) is 1. The summed E-state index contributed by atoms with van der Waals surface area (Å²) in [6.07, 6.45) is -8.87. The van der Waals surface area contributed by atoms with Crippen molar-refractivity contribution in [1.82, 2.24) is 20.2 Å². The second-order valence-electron chi connectivity index (χ2n) is 7.72. The van der Waals surface area contributed by atoms with Crippen LogP contribution >= 0.6 is 0 Å². The summed E-state index contributed by atoms with van der Waals surface area (Å²) in [7, 11) is 0. The molecule has 3 heterocycles. The van der Waals surface area contributed by atoms with E-state index in [0.29, 0.717) is 6.07 Å². The van der Waals surface area contributed by atoms with Crippen LogP contribution < -0.4 is 15.8 Å². The SMILES string of the molecule is CC1([C@@H](c2ccc(OCC(F)(F)F)nc2)c2ccc(F)c(C(F)(F)F)n2)C(=O)NCCN1C(N)=O. The molecule has 2 aromatic heterocycles. The number of aromatic nitrogens is 2. The number of urea groups is 1. The Hall–Kier alpha value is -3.65. The van der Waals surface area contributed by atoms with Crippen LogP contribution in [-0.2, 0) is 11.0 Å². The summed E-state index contributed by atoms with van der Waals surface area (Å²) in [5.41, 5.74) is 1.12. The number of hydrogen-bond acceptors (Lipinski definition) is 5. The van der Waals surface area contributed by atoms with E-state index in [-0.39, 0.29) is 18.7 Å². The highest BCUT2D eigenvalue weighted by Gasteiger charge is 2.52. The number of rotatable bonds is 5. The first-order chi connectivity index (χ1) is 16.1. The molecular weight excluding hydrogens is 491 g/mol. The first kappa shape index (κ1) is 26.0. The lowest BCUT2D eigenvalue weighted by molar-refractivity contribution is -0.154. The highest BCUT2D eigenvalue weighted by Crippen LogP contribution is 2.41. The Kier molecular flexibility index (Phi) is 6.81. The zero-order valence-electron chi connectivity index (χ0n) is 17.9. The van der Waals surface area contributed by atoms with Gasteiger partial charge in [-0.05, 0) is 24.6 Å². The smallest absolute Gasteiger partial charge is 0.436 e. The third kappa shape index (κ3) is 5.38. The van der Waals surface area contributed by atoms with Gasteiger partial charge >= 0.3 is 18.4 Å². The maximum absolute atomic E-state index is 13.9.